The number of benzene rings is 3. The molecule has 0 spiro atoms. The van der Waals surface area contributed by atoms with E-state index in [0.29, 0.717) is 16.9 Å². The molecule has 2 N–H and O–H groups in total. The predicted octanol–water partition coefficient (Wildman–Crippen LogP) is 5.16. The molecule has 0 radical (unpaired) electrons. The number of sulfonamides is 1. The van der Waals surface area contributed by atoms with Gasteiger partial charge in [-0.25, -0.2) is 8.42 Å². The van der Waals surface area contributed by atoms with Gasteiger partial charge in [-0.1, -0.05) is 36.8 Å². The molecule has 0 atom stereocenters. The number of rotatable bonds is 7. The zero-order valence-electron chi connectivity index (χ0n) is 16.2. The molecule has 0 unspecified atom stereocenters. The van der Waals surface area contributed by atoms with Crippen LogP contribution in [-0.4, -0.2) is 20.1 Å². The third-order valence-corrected chi connectivity index (χ3v) is 6.51. The molecule has 1 amide bonds. The summed E-state index contributed by atoms with van der Waals surface area (Å²) in [4.78, 5) is 13.6. The molecular formula is C22H22N2O3S2. The number of carbonyl (C=O) groups is 1. The molecule has 0 fully saturated rings. The quantitative estimate of drug-likeness (QED) is 0.512. The van der Waals surface area contributed by atoms with E-state index in [4.69, 9.17) is 0 Å². The van der Waals surface area contributed by atoms with E-state index in [0.717, 1.165) is 16.2 Å². The summed E-state index contributed by atoms with van der Waals surface area (Å²) in [7, 11) is -3.70. The first kappa shape index (κ1) is 21.0. The lowest BCUT2D eigenvalue weighted by atomic mass is 10.2. The van der Waals surface area contributed by atoms with E-state index < -0.39 is 10.0 Å². The average Bonchev–Trinajstić information content (AvgIpc) is 2.70. The molecular weight excluding hydrogens is 404 g/mol. The summed E-state index contributed by atoms with van der Waals surface area (Å²) >= 11 is 1.60. The van der Waals surface area contributed by atoms with E-state index in [1.54, 1.807) is 42.1 Å². The second-order valence-electron chi connectivity index (χ2n) is 6.38. The number of anilines is 2. The molecule has 150 valence electrons. The van der Waals surface area contributed by atoms with Crippen LogP contribution < -0.4 is 10.0 Å². The molecule has 0 aliphatic heterocycles. The van der Waals surface area contributed by atoms with Crippen LogP contribution in [0.5, 0.6) is 0 Å². The van der Waals surface area contributed by atoms with Gasteiger partial charge >= 0.3 is 0 Å². The van der Waals surface area contributed by atoms with Crippen molar-refractivity contribution in [3.8, 4) is 0 Å². The van der Waals surface area contributed by atoms with Crippen LogP contribution in [0.2, 0.25) is 0 Å². The number of hydrogen-bond acceptors (Lipinski definition) is 4. The molecule has 0 saturated heterocycles. The highest BCUT2D eigenvalue weighted by Crippen LogP contribution is 2.24. The van der Waals surface area contributed by atoms with Crippen molar-refractivity contribution in [2.45, 2.75) is 23.6 Å². The molecule has 0 aromatic heterocycles. The number of thioether (sulfide) groups is 1. The molecule has 0 heterocycles. The van der Waals surface area contributed by atoms with Crippen molar-refractivity contribution < 1.29 is 13.2 Å². The van der Waals surface area contributed by atoms with Gasteiger partial charge in [-0.15, -0.1) is 11.8 Å². The second kappa shape index (κ2) is 9.15. The normalized spacial score (nSPS) is 11.1. The number of aryl methyl sites for hydroxylation is 1. The molecule has 0 aliphatic rings. The zero-order valence-corrected chi connectivity index (χ0v) is 17.8. The van der Waals surface area contributed by atoms with Gasteiger partial charge in [-0.2, -0.15) is 0 Å². The Balaban J connectivity index is 1.73. The number of carbonyl (C=O) groups excluding carboxylic acids is 1. The first-order valence-corrected chi connectivity index (χ1v) is 11.6. The number of amides is 1. The first-order valence-electron chi connectivity index (χ1n) is 9.12. The van der Waals surface area contributed by atoms with Crippen molar-refractivity contribution in [3.63, 3.8) is 0 Å². The Morgan fingerprint density at radius 2 is 1.52 bits per heavy atom. The van der Waals surface area contributed by atoms with Crippen molar-refractivity contribution in [1.29, 1.82) is 0 Å². The molecule has 0 aliphatic carbocycles. The van der Waals surface area contributed by atoms with Gasteiger partial charge in [0.15, 0.2) is 0 Å². The van der Waals surface area contributed by atoms with Gasteiger partial charge in [0.2, 0.25) is 0 Å². The van der Waals surface area contributed by atoms with Crippen LogP contribution in [0.3, 0.4) is 0 Å². The SMILES string of the molecule is CCSc1ccccc1C(=O)Nc1ccc(S(=O)(=O)Nc2ccc(C)cc2)cc1. The van der Waals surface area contributed by atoms with Crippen LogP contribution in [0.15, 0.2) is 82.6 Å². The smallest absolute Gasteiger partial charge is 0.261 e. The third kappa shape index (κ3) is 5.40. The van der Waals surface area contributed by atoms with Gasteiger partial charge in [-0.3, -0.25) is 9.52 Å². The summed E-state index contributed by atoms with van der Waals surface area (Å²) in [5.74, 6) is 0.639. The molecule has 7 heteroatoms. The monoisotopic (exact) mass is 426 g/mol. The van der Waals surface area contributed by atoms with E-state index >= 15 is 0 Å². The fourth-order valence-electron chi connectivity index (χ4n) is 2.69. The van der Waals surface area contributed by atoms with Crippen LogP contribution in [0.25, 0.3) is 0 Å². The van der Waals surface area contributed by atoms with Gasteiger partial charge in [0, 0.05) is 16.3 Å². The van der Waals surface area contributed by atoms with Gasteiger partial charge in [0.1, 0.15) is 0 Å². The molecule has 5 nitrogen and oxygen atoms in total. The highest BCUT2D eigenvalue weighted by Gasteiger charge is 2.15. The lowest BCUT2D eigenvalue weighted by Crippen LogP contribution is -2.14. The Kier molecular flexibility index (Phi) is 6.61. The fourth-order valence-corrected chi connectivity index (χ4v) is 4.55. The summed E-state index contributed by atoms with van der Waals surface area (Å²) in [5.41, 5.74) is 2.67. The summed E-state index contributed by atoms with van der Waals surface area (Å²) in [6, 6.07) is 20.6. The largest absolute Gasteiger partial charge is 0.322 e. The highest BCUT2D eigenvalue weighted by molar-refractivity contribution is 7.99. The number of nitrogens with one attached hydrogen (secondary N) is 2. The molecule has 3 aromatic carbocycles. The van der Waals surface area contributed by atoms with Crippen molar-refractivity contribution in [1.82, 2.24) is 0 Å². The van der Waals surface area contributed by atoms with E-state index in [-0.39, 0.29) is 10.8 Å². The second-order valence-corrected chi connectivity index (χ2v) is 9.37. The maximum absolute atomic E-state index is 12.6. The summed E-state index contributed by atoms with van der Waals surface area (Å²) < 4.78 is 27.7. The van der Waals surface area contributed by atoms with Crippen LogP contribution in [-0.2, 0) is 10.0 Å². The maximum atomic E-state index is 12.6. The zero-order chi connectivity index (χ0) is 20.9. The van der Waals surface area contributed by atoms with E-state index in [2.05, 4.69) is 10.0 Å². The van der Waals surface area contributed by atoms with Crippen molar-refractivity contribution in [2.24, 2.45) is 0 Å². The lowest BCUT2D eigenvalue weighted by molar-refractivity contribution is 0.102. The molecule has 0 saturated carbocycles. The minimum atomic E-state index is -3.70. The van der Waals surface area contributed by atoms with Crippen LogP contribution in [0.4, 0.5) is 11.4 Å². The van der Waals surface area contributed by atoms with E-state index in [9.17, 15) is 13.2 Å². The lowest BCUT2D eigenvalue weighted by Gasteiger charge is -2.11. The van der Waals surface area contributed by atoms with Gasteiger partial charge in [-0.05, 0) is 61.2 Å². The molecule has 29 heavy (non-hydrogen) atoms. The summed E-state index contributed by atoms with van der Waals surface area (Å²) in [6.07, 6.45) is 0. The van der Waals surface area contributed by atoms with Gasteiger partial charge < -0.3 is 5.32 Å². The van der Waals surface area contributed by atoms with E-state index in [1.165, 1.54) is 12.1 Å². The Morgan fingerprint density at radius 1 is 0.897 bits per heavy atom. The maximum Gasteiger partial charge on any atom is 0.261 e. The van der Waals surface area contributed by atoms with Crippen molar-refractivity contribution in [2.75, 3.05) is 15.8 Å². The summed E-state index contributed by atoms with van der Waals surface area (Å²) in [5, 5.41) is 2.82. The summed E-state index contributed by atoms with van der Waals surface area (Å²) in [6.45, 7) is 3.97. The van der Waals surface area contributed by atoms with Crippen LogP contribution in [0, 0.1) is 6.92 Å². The van der Waals surface area contributed by atoms with Crippen LogP contribution in [0.1, 0.15) is 22.8 Å². The Hall–Kier alpha value is -2.77. The third-order valence-electron chi connectivity index (χ3n) is 4.16. The van der Waals surface area contributed by atoms with Gasteiger partial charge in [0.05, 0.1) is 10.5 Å². The standard InChI is InChI=1S/C22H22N2O3S2/c1-3-28-21-7-5-4-6-20(21)22(25)23-17-12-14-19(15-13-17)29(26,27)24-18-10-8-16(2)9-11-18/h4-15,24H,3H2,1-2H3,(H,23,25). The molecule has 3 rings (SSSR count). The average molecular weight is 427 g/mol. The van der Waals surface area contributed by atoms with Crippen LogP contribution >= 0.6 is 11.8 Å². The van der Waals surface area contributed by atoms with Crippen molar-refractivity contribution in [3.05, 3.63) is 83.9 Å². The Morgan fingerprint density at radius 3 is 2.17 bits per heavy atom. The van der Waals surface area contributed by atoms with E-state index in [1.807, 2.05) is 44.2 Å². The first-order chi connectivity index (χ1) is 13.9. The minimum absolute atomic E-state index is 0.123. The molecule has 0 bridgehead atoms. The highest BCUT2D eigenvalue weighted by atomic mass is 32.2. The molecule has 3 aromatic rings. The topological polar surface area (TPSA) is 75.3 Å². The Bertz CT molecular complexity index is 1090. The fraction of sp³-hybridized carbons (Fsp3) is 0.136. The predicted molar refractivity (Wildman–Crippen MR) is 119 cm³/mol. The minimum Gasteiger partial charge on any atom is -0.322 e. The van der Waals surface area contributed by atoms with Crippen molar-refractivity contribution >= 4 is 39.1 Å². The number of hydrogen-bond donors (Lipinski definition) is 2. The Labute approximate surface area is 175 Å². The van der Waals surface area contributed by atoms with Gasteiger partial charge in [0.25, 0.3) is 15.9 Å².